The first-order chi connectivity index (χ1) is 8.61. The molecule has 0 radical (unpaired) electrons. The van der Waals surface area contributed by atoms with Gasteiger partial charge in [0.25, 0.3) is 5.56 Å². The first kappa shape index (κ1) is 13.6. The predicted molar refractivity (Wildman–Crippen MR) is 76.9 cm³/mol. The Kier molecular flexibility index (Phi) is 4.43. The number of hydrogen-bond donors (Lipinski definition) is 1. The molecule has 1 N–H and O–H groups in total. The Morgan fingerprint density at radius 2 is 2.33 bits per heavy atom. The molecule has 2 rings (SSSR count). The molecule has 0 aromatic carbocycles. The topological polar surface area (TPSA) is 46.9 Å². The Hall–Kier alpha value is -0.840. The van der Waals surface area contributed by atoms with Gasteiger partial charge in [-0.1, -0.05) is 20.3 Å². The lowest BCUT2D eigenvalue weighted by molar-refractivity contribution is 0.531. The molecule has 0 spiro atoms. The number of rotatable bonds is 6. The van der Waals surface area contributed by atoms with Crippen molar-refractivity contribution in [3.8, 4) is 0 Å². The molecule has 0 amide bonds. The Labute approximate surface area is 116 Å². The minimum atomic E-state index is -0.0314. The second-order valence-electron chi connectivity index (χ2n) is 5.20. The van der Waals surface area contributed by atoms with Crippen LogP contribution in [0.5, 0.6) is 0 Å². The molecule has 18 heavy (non-hydrogen) atoms. The summed E-state index contributed by atoms with van der Waals surface area (Å²) in [6, 6.07) is 0. The maximum absolute atomic E-state index is 12.1. The highest BCUT2D eigenvalue weighted by atomic mass is 79.9. The Bertz CT molecular complexity index is 468. The van der Waals surface area contributed by atoms with Crippen molar-refractivity contribution in [2.75, 3.05) is 11.9 Å². The van der Waals surface area contributed by atoms with E-state index in [2.05, 4.69) is 40.2 Å². The third-order valence-corrected chi connectivity index (χ3v) is 4.22. The molecule has 0 saturated heterocycles. The first-order valence-corrected chi connectivity index (χ1v) is 7.40. The van der Waals surface area contributed by atoms with Crippen LogP contribution in [0.15, 0.2) is 15.5 Å². The highest BCUT2D eigenvalue weighted by molar-refractivity contribution is 9.10. The Morgan fingerprint density at radius 1 is 1.61 bits per heavy atom. The highest BCUT2D eigenvalue weighted by Crippen LogP contribution is 2.30. The molecular formula is C13H20BrN3O. The van der Waals surface area contributed by atoms with Crippen molar-refractivity contribution < 1.29 is 0 Å². The van der Waals surface area contributed by atoms with E-state index in [1.807, 2.05) is 0 Å². The maximum atomic E-state index is 12.1. The third-order valence-electron chi connectivity index (χ3n) is 3.45. The van der Waals surface area contributed by atoms with Gasteiger partial charge in [0, 0.05) is 13.1 Å². The van der Waals surface area contributed by atoms with Crippen LogP contribution in [0.2, 0.25) is 0 Å². The average Bonchev–Trinajstić information content (AvgIpc) is 3.17. The smallest absolute Gasteiger partial charge is 0.283 e. The zero-order valence-electron chi connectivity index (χ0n) is 10.9. The van der Waals surface area contributed by atoms with Crippen molar-refractivity contribution in [1.29, 1.82) is 0 Å². The zero-order chi connectivity index (χ0) is 13.1. The van der Waals surface area contributed by atoms with Crippen molar-refractivity contribution >= 4 is 21.6 Å². The van der Waals surface area contributed by atoms with Gasteiger partial charge in [-0.15, -0.1) is 0 Å². The van der Waals surface area contributed by atoms with Crippen molar-refractivity contribution in [3.63, 3.8) is 0 Å². The first-order valence-electron chi connectivity index (χ1n) is 6.61. The summed E-state index contributed by atoms with van der Waals surface area (Å²) >= 11 is 3.38. The van der Waals surface area contributed by atoms with Gasteiger partial charge in [-0.25, -0.2) is 4.68 Å². The molecule has 0 aliphatic heterocycles. The van der Waals surface area contributed by atoms with Crippen LogP contribution in [-0.2, 0) is 6.54 Å². The summed E-state index contributed by atoms with van der Waals surface area (Å²) < 4.78 is 2.16. The quantitative estimate of drug-likeness (QED) is 0.878. The molecule has 1 aromatic rings. The molecule has 1 unspecified atom stereocenters. The van der Waals surface area contributed by atoms with E-state index in [0.29, 0.717) is 16.3 Å². The molecule has 1 atom stereocenters. The number of aromatic nitrogens is 2. The van der Waals surface area contributed by atoms with E-state index in [1.165, 1.54) is 12.8 Å². The van der Waals surface area contributed by atoms with Crippen LogP contribution in [0.1, 0.15) is 33.1 Å². The summed E-state index contributed by atoms with van der Waals surface area (Å²) in [5, 5.41) is 7.51. The Balaban J connectivity index is 2.07. The molecule has 1 aliphatic rings. The van der Waals surface area contributed by atoms with Crippen molar-refractivity contribution in [3.05, 3.63) is 21.0 Å². The normalized spacial score (nSPS) is 16.6. The summed E-state index contributed by atoms with van der Waals surface area (Å²) in [7, 11) is 0. The number of halogens is 1. The molecule has 1 heterocycles. The largest absolute Gasteiger partial charge is 0.382 e. The van der Waals surface area contributed by atoms with Crippen LogP contribution < -0.4 is 10.9 Å². The van der Waals surface area contributed by atoms with E-state index in [-0.39, 0.29) is 5.56 Å². The van der Waals surface area contributed by atoms with Gasteiger partial charge in [-0.05, 0) is 40.6 Å². The molecular weight excluding hydrogens is 294 g/mol. The SMILES string of the molecule is CCC(C)CNc1cnn(CC2CC2)c(=O)c1Br. The van der Waals surface area contributed by atoms with Crippen molar-refractivity contribution in [1.82, 2.24) is 9.78 Å². The molecule has 100 valence electrons. The van der Waals surface area contributed by atoms with E-state index >= 15 is 0 Å². The summed E-state index contributed by atoms with van der Waals surface area (Å²) in [5.74, 6) is 1.24. The highest BCUT2D eigenvalue weighted by Gasteiger charge is 2.23. The molecule has 1 saturated carbocycles. The summed E-state index contributed by atoms with van der Waals surface area (Å²) in [6.45, 7) is 5.96. The van der Waals surface area contributed by atoms with Crippen LogP contribution in [0.3, 0.4) is 0 Å². The fourth-order valence-corrected chi connectivity index (χ4v) is 2.14. The predicted octanol–water partition coefficient (Wildman–Crippen LogP) is 2.87. The fraction of sp³-hybridized carbons (Fsp3) is 0.692. The molecule has 5 heteroatoms. The number of nitrogens with one attached hydrogen (secondary N) is 1. The molecule has 1 aliphatic carbocycles. The van der Waals surface area contributed by atoms with Gasteiger partial charge in [0.05, 0.1) is 11.9 Å². The van der Waals surface area contributed by atoms with Gasteiger partial charge >= 0.3 is 0 Å². The van der Waals surface area contributed by atoms with Gasteiger partial charge < -0.3 is 5.32 Å². The van der Waals surface area contributed by atoms with E-state index in [9.17, 15) is 4.79 Å². The van der Waals surface area contributed by atoms with E-state index in [4.69, 9.17) is 0 Å². The monoisotopic (exact) mass is 313 g/mol. The number of anilines is 1. The van der Waals surface area contributed by atoms with Crippen LogP contribution in [0, 0.1) is 11.8 Å². The Morgan fingerprint density at radius 3 is 2.94 bits per heavy atom. The summed E-state index contributed by atoms with van der Waals surface area (Å²) in [6.07, 6.45) is 5.31. The summed E-state index contributed by atoms with van der Waals surface area (Å²) in [4.78, 5) is 12.1. The average molecular weight is 314 g/mol. The fourth-order valence-electron chi connectivity index (χ4n) is 1.69. The molecule has 4 nitrogen and oxygen atoms in total. The van der Waals surface area contributed by atoms with Crippen LogP contribution in [0.4, 0.5) is 5.69 Å². The second-order valence-corrected chi connectivity index (χ2v) is 5.99. The lowest BCUT2D eigenvalue weighted by Gasteiger charge is -2.13. The van der Waals surface area contributed by atoms with Gasteiger partial charge in [0.1, 0.15) is 4.47 Å². The number of nitrogens with zero attached hydrogens (tertiary/aromatic N) is 2. The minimum Gasteiger partial charge on any atom is -0.382 e. The number of hydrogen-bond acceptors (Lipinski definition) is 3. The zero-order valence-corrected chi connectivity index (χ0v) is 12.5. The molecule has 1 fully saturated rings. The van der Waals surface area contributed by atoms with Gasteiger partial charge in [-0.3, -0.25) is 4.79 Å². The molecule has 1 aromatic heterocycles. The third kappa shape index (κ3) is 3.34. The maximum Gasteiger partial charge on any atom is 0.283 e. The van der Waals surface area contributed by atoms with Crippen molar-refractivity contribution in [2.24, 2.45) is 11.8 Å². The molecule has 0 bridgehead atoms. The lowest BCUT2D eigenvalue weighted by Crippen LogP contribution is -2.25. The van der Waals surface area contributed by atoms with Crippen LogP contribution >= 0.6 is 15.9 Å². The van der Waals surface area contributed by atoms with Gasteiger partial charge in [-0.2, -0.15) is 5.10 Å². The minimum absolute atomic E-state index is 0.0314. The van der Waals surface area contributed by atoms with Crippen LogP contribution in [-0.4, -0.2) is 16.3 Å². The van der Waals surface area contributed by atoms with Gasteiger partial charge in [0.15, 0.2) is 0 Å². The van der Waals surface area contributed by atoms with E-state index in [0.717, 1.165) is 25.2 Å². The summed E-state index contributed by atoms with van der Waals surface area (Å²) in [5.41, 5.74) is 0.767. The van der Waals surface area contributed by atoms with E-state index < -0.39 is 0 Å². The second kappa shape index (κ2) is 5.87. The van der Waals surface area contributed by atoms with Crippen LogP contribution in [0.25, 0.3) is 0 Å². The lowest BCUT2D eigenvalue weighted by atomic mass is 10.1. The van der Waals surface area contributed by atoms with Crippen molar-refractivity contribution in [2.45, 2.75) is 39.7 Å². The standard InChI is InChI=1S/C13H20BrN3O/c1-3-9(2)6-15-11-7-16-17(8-10-4-5-10)13(18)12(11)14/h7,9-10,15H,3-6,8H2,1-2H3. The van der Waals surface area contributed by atoms with Gasteiger partial charge in [0.2, 0.25) is 0 Å². The van der Waals surface area contributed by atoms with E-state index in [1.54, 1.807) is 10.9 Å².